The van der Waals surface area contributed by atoms with Crippen molar-refractivity contribution in [2.75, 3.05) is 6.61 Å². The zero-order valence-corrected chi connectivity index (χ0v) is 34.0. The molecule has 2 unspecified atom stereocenters. The van der Waals surface area contributed by atoms with Gasteiger partial charge < -0.3 is 15.5 Å². The average Bonchev–Trinajstić information content (AvgIpc) is 3.15. The normalized spacial score (nSPS) is 13.8. The van der Waals surface area contributed by atoms with Crippen LogP contribution in [-0.2, 0) is 4.79 Å². The summed E-state index contributed by atoms with van der Waals surface area (Å²) in [7, 11) is 0. The number of aliphatic hydroxyl groups excluding tert-OH is 2. The lowest BCUT2D eigenvalue weighted by Gasteiger charge is -2.20. The lowest BCUT2D eigenvalue weighted by atomic mass is 10.0. The van der Waals surface area contributed by atoms with Gasteiger partial charge in [0.2, 0.25) is 5.91 Å². The molecule has 1 amide bonds. The van der Waals surface area contributed by atoms with Gasteiger partial charge in [-0.1, -0.05) is 202 Å². The first kappa shape index (κ1) is 49.6. The fourth-order valence-electron chi connectivity index (χ4n) is 6.06. The molecule has 0 radical (unpaired) electrons. The van der Waals surface area contributed by atoms with Gasteiger partial charge in [-0.2, -0.15) is 0 Å². The van der Waals surface area contributed by atoms with Gasteiger partial charge in [-0.3, -0.25) is 4.79 Å². The quantitative estimate of drug-likeness (QED) is 0.0439. The molecule has 0 bridgehead atoms. The van der Waals surface area contributed by atoms with Crippen molar-refractivity contribution in [1.29, 1.82) is 0 Å². The summed E-state index contributed by atoms with van der Waals surface area (Å²) in [6, 6.07) is -0.627. The molecule has 0 aromatic heterocycles. The molecule has 0 aliphatic heterocycles. The number of nitrogens with one attached hydrogen (secondary N) is 1. The van der Waals surface area contributed by atoms with Crippen LogP contribution in [0.1, 0.15) is 194 Å². The van der Waals surface area contributed by atoms with Crippen molar-refractivity contribution in [3.63, 3.8) is 0 Å². The number of hydrogen-bond acceptors (Lipinski definition) is 3. The van der Waals surface area contributed by atoms with Crippen LogP contribution in [0, 0.1) is 0 Å². The summed E-state index contributed by atoms with van der Waals surface area (Å²) < 4.78 is 0. The maximum Gasteiger partial charge on any atom is 0.220 e. The lowest BCUT2D eigenvalue weighted by molar-refractivity contribution is -0.123. The first-order chi connectivity index (χ1) is 25.7. The van der Waals surface area contributed by atoms with Crippen molar-refractivity contribution in [1.82, 2.24) is 5.32 Å². The zero-order chi connectivity index (χ0) is 37.8. The molecule has 4 heteroatoms. The van der Waals surface area contributed by atoms with Gasteiger partial charge in [0.25, 0.3) is 0 Å². The highest BCUT2D eigenvalue weighted by Crippen LogP contribution is 2.13. The summed E-state index contributed by atoms with van der Waals surface area (Å²) in [4.78, 5) is 12.4. The Morgan fingerprint density at radius 1 is 0.481 bits per heavy atom. The van der Waals surface area contributed by atoms with E-state index in [1.54, 1.807) is 6.08 Å². The van der Waals surface area contributed by atoms with E-state index in [2.05, 4.69) is 92.1 Å². The Balaban J connectivity index is 3.60. The van der Waals surface area contributed by atoms with E-state index in [4.69, 9.17) is 0 Å². The summed E-state index contributed by atoms with van der Waals surface area (Å²) in [6.07, 6.45) is 62.6. The van der Waals surface area contributed by atoms with Crippen LogP contribution >= 0.6 is 0 Å². The Morgan fingerprint density at radius 2 is 0.846 bits per heavy atom. The molecule has 0 aliphatic carbocycles. The molecule has 0 spiro atoms. The maximum atomic E-state index is 12.4. The van der Waals surface area contributed by atoms with Gasteiger partial charge in [-0.25, -0.2) is 0 Å². The third kappa shape index (κ3) is 38.8. The molecule has 0 aliphatic rings. The molecule has 0 heterocycles. The van der Waals surface area contributed by atoms with Crippen molar-refractivity contribution in [2.24, 2.45) is 0 Å². The second kappa shape index (κ2) is 43.0. The number of aliphatic hydroxyl groups is 2. The zero-order valence-electron chi connectivity index (χ0n) is 34.0. The predicted molar refractivity (Wildman–Crippen MR) is 230 cm³/mol. The van der Waals surface area contributed by atoms with Gasteiger partial charge in [0.1, 0.15) is 0 Å². The Labute approximate surface area is 322 Å². The molecule has 298 valence electrons. The van der Waals surface area contributed by atoms with Crippen LogP contribution in [-0.4, -0.2) is 34.9 Å². The Hall–Kier alpha value is -2.43. The molecule has 0 fully saturated rings. The highest BCUT2D eigenvalue weighted by atomic mass is 16.3. The third-order valence-electron chi connectivity index (χ3n) is 9.38. The second-order valence-corrected chi connectivity index (χ2v) is 14.4. The molecular formula is C48H83NO3. The Morgan fingerprint density at radius 3 is 1.27 bits per heavy atom. The largest absolute Gasteiger partial charge is 0.394 e. The van der Waals surface area contributed by atoms with Crippen LogP contribution in [0.2, 0.25) is 0 Å². The van der Waals surface area contributed by atoms with Crippen molar-refractivity contribution in [2.45, 2.75) is 206 Å². The van der Waals surface area contributed by atoms with Gasteiger partial charge in [-0.15, -0.1) is 0 Å². The molecule has 0 rings (SSSR count). The van der Waals surface area contributed by atoms with Gasteiger partial charge >= 0.3 is 0 Å². The van der Waals surface area contributed by atoms with Crippen molar-refractivity contribution in [3.8, 4) is 0 Å². The van der Waals surface area contributed by atoms with E-state index < -0.39 is 12.1 Å². The van der Waals surface area contributed by atoms with Crippen LogP contribution in [0.15, 0.2) is 85.1 Å². The van der Waals surface area contributed by atoms with Crippen molar-refractivity contribution >= 4 is 5.91 Å². The van der Waals surface area contributed by atoms with E-state index in [1.165, 1.54) is 109 Å². The third-order valence-corrected chi connectivity index (χ3v) is 9.38. The summed E-state index contributed by atoms with van der Waals surface area (Å²) >= 11 is 0. The highest BCUT2D eigenvalue weighted by molar-refractivity contribution is 5.76. The Bertz CT molecular complexity index is 957. The molecule has 4 nitrogen and oxygen atoms in total. The number of allylic oxidation sites excluding steroid dienone is 13. The molecule has 2 atom stereocenters. The summed E-state index contributed by atoms with van der Waals surface area (Å²) in [5.41, 5.74) is 0. The minimum absolute atomic E-state index is 0.0746. The average molecular weight is 722 g/mol. The number of rotatable bonds is 38. The number of hydrogen-bond donors (Lipinski definition) is 3. The van der Waals surface area contributed by atoms with E-state index in [1.807, 2.05) is 6.08 Å². The Kier molecular flexibility index (Phi) is 41.0. The first-order valence-corrected chi connectivity index (χ1v) is 21.8. The first-order valence-electron chi connectivity index (χ1n) is 21.8. The van der Waals surface area contributed by atoms with Gasteiger partial charge in [0.15, 0.2) is 0 Å². The molecule has 0 saturated carbocycles. The van der Waals surface area contributed by atoms with Gasteiger partial charge in [0.05, 0.1) is 18.8 Å². The minimum atomic E-state index is -0.843. The van der Waals surface area contributed by atoms with E-state index in [-0.39, 0.29) is 12.5 Å². The molecular weight excluding hydrogens is 639 g/mol. The van der Waals surface area contributed by atoms with Crippen LogP contribution < -0.4 is 5.32 Å². The number of amides is 1. The predicted octanol–water partition coefficient (Wildman–Crippen LogP) is 13.7. The van der Waals surface area contributed by atoms with Crippen LogP contribution in [0.25, 0.3) is 0 Å². The molecule has 3 N–H and O–H groups in total. The molecule has 0 aromatic rings. The van der Waals surface area contributed by atoms with Crippen LogP contribution in [0.4, 0.5) is 0 Å². The SMILES string of the molecule is CC/C=C\C/C=C\C/C=C\C/C=C\C/C=C\C/C=C\CCCCCCCCCCCCC(=O)NC(CO)C(O)/C=C/CCCCCCCCCCC. The lowest BCUT2D eigenvalue weighted by Crippen LogP contribution is -2.45. The smallest absolute Gasteiger partial charge is 0.220 e. The monoisotopic (exact) mass is 722 g/mol. The van der Waals surface area contributed by atoms with E-state index in [9.17, 15) is 15.0 Å². The second-order valence-electron chi connectivity index (χ2n) is 14.4. The topological polar surface area (TPSA) is 69.6 Å². The maximum absolute atomic E-state index is 12.4. The molecule has 0 saturated heterocycles. The minimum Gasteiger partial charge on any atom is -0.394 e. The fourth-order valence-corrected chi connectivity index (χ4v) is 6.06. The highest BCUT2D eigenvalue weighted by Gasteiger charge is 2.17. The standard InChI is InChI=1S/C48H83NO3/c1-3-5-7-9-11-13-15-16-17-18-19-20-21-22-23-24-25-26-27-28-29-30-31-32-34-36-38-40-42-44-48(52)49-46(45-50)47(51)43-41-39-37-35-33-14-12-10-8-6-4-2/h5,7,11,13,16-17,19-20,22-23,25-26,41,43,46-47,50-51H,3-4,6,8-10,12,14-15,18,21,24,27-40,42,44-45H2,1-2H3,(H,49,52)/b7-5-,13-11-,17-16-,20-19-,23-22-,26-25-,43-41+. The van der Waals surface area contributed by atoms with Crippen LogP contribution in [0.3, 0.4) is 0 Å². The van der Waals surface area contributed by atoms with Gasteiger partial charge in [0, 0.05) is 6.42 Å². The molecule has 52 heavy (non-hydrogen) atoms. The van der Waals surface area contributed by atoms with E-state index in [0.717, 1.165) is 64.2 Å². The van der Waals surface area contributed by atoms with Crippen LogP contribution in [0.5, 0.6) is 0 Å². The fraction of sp³-hybridized carbons (Fsp3) is 0.688. The number of carbonyl (C=O) groups is 1. The van der Waals surface area contributed by atoms with Gasteiger partial charge in [-0.05, 0) is 70.6 Å². The van der Waals surface area contributed by atoms with Crippen molar-refractivity contribution < 1.29 is 15.0 Å². The summed E-state index contributed by atoms with van der Waals surface area (Å²) in [5.74, 6) is -0.0746. The molecule has 0 aromatic carbocycles. The number of unbranched alkanes of at least 4 members (excludes halogenated alkanes) is 19. The summed E-state index contributed by atoms with van der Waals surface area (Å²) in [6.45, 7) is 4.17. The number of carbonyl (C=O) groups excluding carboxylic acids is 1. The van der Waals surface area contributed by atoms with E-state index >= 15 is 0 Å². The van der Waals surface area contributed by atoms with E-state index in [0.29, 0.717) is 6.42 Å². The summed E-state index contributed by atoms with van der Waals surface area (Å²) in [5, 5.41) is 22.9. The van der Waals surface area contributed by atoms with Crippen molar-refractivity contribution in [3.05, 3.63) is 85.1 Å².